The Balaban J connectivity index is 2.26. The van der Waals surface area contributed by atoms with Gasteiger partial charge in [0.25, 0.3) is 0 Å². The van der Waals surface area contributed by atoms with Crippen molar-refractivity contribution in [3.8, 4) is 0 Å². The second-order valence-corrected chi connectivity index (χ2v) is 8.68. The molecule has 2 fully saturated rings. The highest BCUT2D eigenvalue weighted by Gasteiger charge is 2.55. The van der Waals surface area contributed by atoms with Crippen molar-refractivity contribution in [1.82, 2.24) is 0 Å². The molecule has 0 N–H and O–H groups in total. The van der Waals surface area contributed by atoms with Crippen LogP contribution in [0, 0.1) is 29.6 Å². The molecule has 2 rings (SSSR count). The molecule has 0 aromatic carbocycles. The molecule has 2 aliphatic carbocycles. The van der Waals surface area contributed by atoms with Crippen molar-refractivity contribution >= 4 is 17.7 Å². The number of hydrogen-bond donors (Lipinski definition) is 0. The Hall–Kier alpha value is -1.91. The summed E-state index contributed by atoms with van der Waals surface area (Å²) in [5.41, 5.74) is 1.79. The smallest absolute Gasteiger partial charge is 0.331 e. The van der Waals surface area contributed by atoms with Crippen LogP contribution < -0.4 is 0 Å². The van der Waals surface area contributed by atoms with Gasteiger partial charge in [-0.1, -0.05) is 32.9 Å². The van der Waals surface area contributed by atoms with Crippen molar-refractivity contribution in [3.63, 3.8) is 0 Å². The van der Waals surface area contributed by atoms with Crippen molar-refractivity contribution < 1.29 is 23.9 Å². The zero-order valence-electron chi connectivity index (χ0n) is 18.0. The quantitative estimate of drug-likeness (QED) is 0.385. The predicted molar refractivity (Wildman–Crippen MR) is 107 cm³/mol. The zero-order chi connectivity index (χ0) is 21.2. The fourth-order valence-electron chi connectivity index (χ4n) is 4.92. The molecule has 0 amide bonds. The van der Waals surface area contributed by atoms with Gasteiger partial charge in [-0.3, -0.25) is 9.59 Å². The maximum absolute atomic E-state index is 12.8. The normalized spacial score (nSPS) is 31.5. The molecule has 156 valence electrons. The Labute approximate surface area is 168 Å². The number of carbonyl (C=O) groups excluding carboxylic acids is 3. The minimum atomic E-state index is -0.455. The summed E-state index contributed by atoms with van der Waals surface area (Å²) in [6.07, 6.45) is 2.53. The first-order chi connectivity index (χ1) is 13.1. The van der Waals surface area contributed by atoms with E-state index in [-0.39, 0.29) is 47.5 Å². The molecule has 5 nitrogen and oxygen atoms in total. The van der Waals surface area contributed by atoms with E-state index in [1.807, 2.05) is 13.8 Å². The van der Waals surface area contributed by atoms with Crippen LogP contribution in [0.15, 0.2) is 23.8 Å². The van der Waals surface area contributed by atoms with Crippen LogP contribution in [0.5, 0.6) is 0 Å². The topological polar surface area (TPSA) is 69.7 Å². The van der Waals surface area contributed by atoms with Crippen molar-refractivity contribution in [2.75, 3.05) is 0 Å². The number of rotatable bonds is 6. The van der Waals surface area contributed by atoms with E-state index in [9.17, 15) is 14.4 Å². The Morgan fingerprint density at radius 1 is 1.25 bits per heavy atom. The van der Waals surface area contributed by atoms with Crippen LogP contribution in [-0.4, -0.2) is 29.9 Å². The highest BCUT2D eigenvalue weighted by molar-refractivity contribution is 5.86. The summed E-state index contributed by atoms with van der Waals surface area (Å²) < 4.78 is 11.1. The highest BCUT2D eigenvalue weighted by Crippen LogP contribution is 2.53. The Kier molecular flexibility index (Phi) is 7.24. The second-order valence-electron chi connectivity index (χ2n) is 8.68. The van der Waals surface area contributed by atoms with Crippen molar-refractivity contribution in [3.05, 3.63) is 23.8 Å². The first-order valence-electron chi connectivity index (χ1n) is 10.3. The van der Waals surface area contributed by atoms with E-state index >= 15 is 0 Å². The number of ether oxygens (including phenoxy) is 2. The maximum atomic E-state index is 12.8. The molecular formula is C23H34O5. The summed E-state index contributed by atoms with van der Waals surface area (Å²) in [4.78, 5) is 36.6. The maximum Gasteiger partial charge on any atom is 0.331 e. The lowest BCUT2D eigenvalue weighted by Crippen LogP contribution is -2.44. The molecule has 0 radical (unpaired) electrons. The third-order valence-corrected chi connectivity index (χ3v) is 6.44. The summed E-state index contributed by atoms with van der Waals surface area (Å²) in [6.45, 7) is 15.5. The van der Waals surface area contributed by atoms with Crippen molar-refractivity contribution in [1.29, 1.82) is 0 Å². The third kappa shape index (κ3) is 4.73. The summed E-state index contributed by atoms with van der Waals surface area (Å²) in [5.74, 6) is -0.388. The van der Waals surface area contributed by atoms with E-state index in [1.54, 1.807) is 6.92 Å². The summed E-state index contributed by atoms with van der Waals surface area (Å²) in [5, 5.41) is 0. The molecule has 2 aliphatic rings. The van der Waals surface area contributed by atoms with Gasteiger partial charge in [0.1, 0.15) is 18.0 Å². The summed E-state index contributed by atoms with van der Waals surface area (Å²) in [7, 11) is 0. The van der Waals surface area contributed by atoms with Crippen LogP contribution >= 0.6 is 0 Å². The largest absolute Gasteiger partial charge is 0.462 e. The molecule has 0 aliphatic heterocycles. The van der Waals surface area contributed by atoms with E-state index < -0.39 is 6.10 Å². The third-order valence-electron chi connectivity index (χ3n) is 6.44. The van der Waals surface area contributed by atoms with Crippen LogP contribution in [0.25, 0.3) is 0 Å². The molecule has 0 bridgehead atoms. The Bertz CT molecular complexity index is 674. The average molecular weight is 391 g/mol. The molecule has 2 saturated carbocycles. The lowest BCUT2D eigenvalue weighted by Gasteiger charge is -2.44. The first-order valence-corrected chi connectivity index (χ1v) is 10.3. The van der Waals surface area contributed by atoms with E-state index in [4.69, 9.17) is 9.47 Å². The number of allylic oxidation sites excluding steroid dienone is 1. The van der Waals surface area contributed by atoms with Crippen LogP contribution in [-0.2, 0) is 23.9 Å². The van der Waals surface area contributed by atoms with Crippen LogP contribution in [0.1, 0.15) is 60.8 Å². The van der Waals surface area contributed by atoms with Gasteiger partial charge in [-0.25, -0.2) is 4.79 Å². The number of ketones is 1. The van der Waals surface area contributed by atoms with E-state index in [0.29, 0.717) is 18.8 Å². The van der Waals surface area contributed by atoms with Crippen LogP contribution in [0.4, 0.5) is 0 Å². The molecule has 0 saturated heterocycles. The van der Waals surface area contributed by atoms with Gasteiger partial charge in [0, 0.05) is 19.4 Å². The van der Waals surface area contributed by atoms with Gasteiger partial charge < -0.3 is 9.47 Å². The number of carbonyl (C=O) groups is 3. The predicted octanol–water partition coefficient (Wildman–Crippen LogP) is 4.26. The van der Waals surface area contributed by atoms with Gasteiger partial charge in [0.15, 0.2) is 0 Å². The molecular weight excluding hydrogens is 356 g/mol. The minimum Gasteiger partial charge on any atom is -0.462 e. The van der Waals surface area contributed by atoms with E-state index in [0.717, 1.165) is 17.6 Å². The molecule has 6 atom stereocenters. The van der Waals surface area contributed by atoms with Crippen molar-refractivity contribution in [2.24, 2.45) is 29.6 Å². The summed E-state index contributed by atoms with van der Waals surface area (Å²) >= 11 is 0. The standard InChI is InChI=1S/C23H34O5/c1-8-13(4)9-21(26)28-20-11-17(12(2)3)23-18(14(20)5)10-19(25)22(23)15(6)27-16(7)24/h9,12,15,17-18,20,22-23H,5,8,10-11H2,1-4,6-7H3/b13-9+/t15-,17-,18-,20+,22-,23-/m0/s1. The Morgan fingerprint density at radius 2 is 1.89 bits per heavy atom. The van der Waals surface area contributed by atoms with Gasteiger partial charge >= 0.3 is 11.9 Å². The fourth-order valence-corrected chi connectivity index (χ4v) is 4.92. The molecule has 28 heavy (non-hydrogen) atoms. The number of fused-ring (bicyclic) bond motifs is 1. The van der Waals surface area contributed by atoms with Crippen LogP contribution in [0.2, 0.25) is 0 Å². The fraction of sp³-hybridized carbons (Fsp3) is 0.696. The first kappa shape index (κ1) is 22.4. The Morgan fingerprint density at radius 3 is 2.43 bits per heavy atom. The van der Waals surface area contributed by atoms with Crippen LogP contribution in [0.3, 0.4) is 0 Å². The van der Waals surface area contributed by atoms with Gasteiger partial charge in [0.05, 0.1) is 5.92 Å². The molecule has 0 heterocycles. The second kappa shape index (κ2) is 9.06. The molecule has 5 heteroatoms. The average Bonchev–Trinajstić information content (AvgIpc) is 2.93. The zero-order valence-corrected chi connectivity index (χ0v) is 18.0. The molecule has 0 aromatic rings. The lowest BCUT2D eigenvalue weighted by molar-refractivity contribution is -0.153. The number of esters is 2. The number of Topliss-reactive ketones (excluding diaryl/α,β-unsaturated/α-hetero) is 1. The molecule has 0 unspecified atom stereocenters. The van der Waals surface area contributed by atoms with E-state index in [1.165, 1.54) is 13.0 Å². The highest BCUT2D eigenvalue weighted by atomic mass is 16.5. The van der Waals surface area contributed by atoms with Gasteiger partial charge in [-0.15, -0.1) is 0 Å². The van der Waals surface area contributed by atoms with E-state index in [2.05, 4.69) is 20.4 Å². The molecule has 0 aromatic heterocycles. The number of hydrogen-bond acceptors (Lipinski definition) is 5. The molecule has 0 spiro atoms. The monoisotopic (exact) mass is 390 g/mol. The minimum absolute atomic E-state index is 0.0364. The SMILES string of the molecule is C=C1[C@H](OC(=O)/C=C(\C)CC)C[C@@H](C(C)C)[C@@H]2[C@@H]([C@H](C)OC(C)=O)C(=O)C[C@@H]12. The summed E-state index contributed by atoms with van der Waals surface area (Å²) in [6, 6.07) is 0. The van der Waals surface area contributed by atoms with Gasteiger partial charge in [0.2, 0.25) is 0 Å². The van der Waals surface area contributed by atoms with Crippen molar-refractivity contribution in [2.45, 2.75) is 73.0 Å². The lowest BCUT2D eigenvalue weighted by atomic mass is 9.63. The van der Waals surface area contributed by atoms with Gasteiger partial charge in [-0.05, 0) is 55.9 Å². The van der Waals surface area contributed by atoms with Gasteiger partial charge in [-0.2, -0.15) is 0 Å².